The number of alkyl halides is 2. The molecule has 0 saturated heterocycles. The van der Waals surface area contributed by atoms with E-state index in [1.165, 1.54) is 12.1 Å². The Morgan fingerprint density at radius 2 is 2.14 bits per heavy atom. The number of ether oxygens (including phenoxy) is 1. The molecule has 9 heteroatoms. The standard InChI is InChI=1S/C20H19F2N3O4/c1-20(2,3)11-8-12-15(14-9(11)7-10(18(27)28)17(26)24-14)23-16-13(29-19(21)22)5-4-6-25(12)16/h4-7,11,19H,8H2,1-3H3,(H,24,26)(H,27,28)/t11-/m1/s1. The second-order valence-corrected chi connectivity index (χ2v) is 8.12. The molecule has 0 aromatic carbocycles. The van der Waals surface area contributed by atoms with Crippen molar-refractivity contribution in [1.82, 2.24) is 14.4 Å². The van der Waals surface area contributed by atoms with Crippen LogP contribution in [0.15, 0.2) is 29.2 Å². The number of hydrogen-bond acceptors (Lipinski definition) is 4. The number of carboxylic acids is 1. The second kappa shape index (κ2) is 6.40. The number of H-pyrrole nitrogens is 1. The lowest BCUT2D eigenvalue weighted by atomic mass is 9.70. The second-order valence-electron chi connectivity index (χ2n) is 8.12. The first kappa shape index (κ1) is 19.1. The Hall–Kier alpha value is -3.23. The van der Waals surface area contributed by atoms with Crippen LogP contribution in [-0.4, -0.2) is 32.1 Å². The highest BCUT2D eigenvalue weighted by atomic mass is 19.3. The molecule has 3 aromatic rings. The normalized spacial score (nSPS) is 16.0. The van der Waals surface area contributed by atoms with Gasteiger partial charge in [-0.05, 0) is 41.5 Å². The van der Waals surface area contributed by atoms with Crippen LogP contribution in [0, 0.1) is 5.41 Å². The van der Waals surface area contributed by atoms with Crippen LogP contribution in [0.2, 0.25) is 0 Å². The predicted molar refractivity (Wildman–Crippen MR) is 101 cm³/mol. The molecule has 152 valence electrons. The van der Waals surface area contributed by atoms with E-state index in [1.54, 1.807) is 16.7 Å². The van der Waals surface area contributed by atoms with Crippen LogP contribution >= 0.6 is 0 Å². The van der Waals surface area contributed by atoms with Crippen molar-refractivity contribution in [2.75, 3.05) is 0 Å². The van der Waals surface area contributed by atoms with Crippen molar-refractivity contribution >= 4 is 11.6 Å². The van der Waals surface area contributed by atoms with Crippen molar-refractivity contribution in [3.8, 4) is 17.1 Å². The molecule has 0 unspecified atom stereocenters. The van der Waals surface area contributed by atoms with Gasteiger partial charge in [0, 0.05) is 6.20 Å². The average molecular weight is 403 g/mol. The van der Waals surface area contributed by atoms with E-state index in [-0.39, 0.29) is 28.3 Å². The molecule has 3 heterocycles. The van der Waals surface area contributed by atoms with E-state index in [1.807, 2.05) is 20.8 Å². The summed E-state index contributed by atoms with van der Waals surface area (Å²) in [5.74, 6) is -1.51. The maximum atomic E-state index is 12.8. The third-order valence-electron chi connectivity index (χ3n) is 5.29. The van der Waals surface area contributed by atoms with Gasteiger partial charge < -0.3 is 19.2 Å². The van der Waals surface area contributed by atoms with Crippen LogP contribution in [0.25, 0.3) is 17.0 Å². The van der Waals surface area contributed by atoms with Crippen LogP contribution in [-0.2, 0) is 6.42 Å². The summed E-state index contributed by atoms with van der Waals surface area (Å²) in [7, 11) is 0. The lowest BCUT2D eigenvalue weighted by molar-refractivity contribution is -0.0491. The van der Waals surface area contributed by atoms with Gasteiger partial charge in [0.25, 0.3) is 5.56 Å². The van der Waals surface area contributed by atoms with Gasteiger partial charge in [-0.2, -0.15) is 8.78 Å². The fourth-order valence-corrected chi connectivity index (χ4v) is 3.93. The van der Waals surface area contributed by atoms with Crippen molar-refractivity contribution in [3.05, 3.63) is 51.6 Å². The molecule has 4 rings (SSSR count). The minimum atomic E-state index is -3.00. The molecule has 29 heavy (non-hydrogen) atoms. The Balaban J connectivity index is 2.03. The molecule has 0 spiro atoms. The first-order valence-corrected chi connectivity index (χ1v) is 9.03. The quantitative estimate of drug-likeness (QED) is 0.696. The van der Waals surface area contributed by atoms with E-state index in [4.69, 9.17) is 0 Å². The predicted octanol–water partition coefficient (Wildman–Crippen LogP) is 3.68. The largest absolute Gasteiger partial charge is 0.477 e. The lowest BCUT2D eigenvalue weighted by Crippen LogP contribution is -2.29. The minimum Gasteiger partial charge on any atom is -0.477 e. The molecule has 0 saturated carbocycles. The van der Waals surface area contributed by atoms with Gasteiger partial charge in [-0.3, -0.25) is 4.79 Å². The van der Waals surface area contributed by atoms with Crippen LogP contribution < -0.4 is 10.3 Å². The van der Waals surface area contributed by atoms with Crippen LogP contribution in [0.1, 0.15) is 48.3 Å². The number of carbonyl (C=O) groups is 1. The zero-order valence-corrected chi connectivity index (χ0v) is 16.0. The number of imidazole rings is 1. The Morgan fingerprint density at radius 3 is 2.76 bits per heavy atom. The number of aromatic nitrogens is 3. The van der Waals surface area contributed by atoms with Gasteiger partial charge in [0.1, 0.15) is 11.3 Å². The highest BCUT2D eigenvalue weighted by molar-refractivity contribution is 5.88. The molecule has 2 N–H and O–H groups in total. The van der Waals surface area contributed by atoms with Crippen LogP contribution in [0.4, 0.5) is 8.78 Å². The topological polar surface area (TPSA) is 96.7 Å². The molecule has 1 atom stereocenters. The van der Waals surface area contributed by atoms with Gasteiger partial charge in [-0.1, -0.05) is 20.8 Å². The Morgan fingerprint density at radius 1 is 1.41 bits per heavy atom. The minimum absolute atomic E-state index is 0.0738. The SMILES string of the molecule is CC(C)(C)[C@@H]1Cc2c(nc3c(OC(F)F)cccn23)-c2[nH]c(=O)c(C(=O)O)cc21. The molecule has 0 amide bonds. The summed E-state index contributed by atoms with van der Waals surface area (Å²) in [6, 6.07) is 4.39. The number of halogens is 2. The van der Waals surface area contributed by atoms with Crippen molar-refractivity contribution in [3.63, 3.8) is 0 Å². The van der Waals surface area contributed by atoms with E-state index in [9.17, 15) is 23.5 Å². The molecular weight excluding hydrogens is 384 g/mol. The summed E-state index contributed by atoms with van der Waals surface area (Å²) in [6.45, 7) is 3.06. The van der Waals surface area contributed by atoms with Gasteiger partial charge in [-0.15, -0.1) is 0 Å². The Kier molecular flexibility index (Phi) is 4.21. The van der Waals surface area contributed by atoms with Crippen LogP contribution in [0.3, 0.4) is 0 Å². The van der Waals surface area contributed by atoms with E-state index in [2.05, 4.69) is 14.7 Å². The maximum absolute atomic E-state index is 12.8. The monoisotopic (exact) mass is 403 g/mol. The number of aromatic amines is 1. The lowest BCUT2D eigenvalue weighted by Gasteiger charge is -2.35. The fraction of sp³-hybridized carbons (Fsp3) is 0.350. The highest BCUT2D eigenvalue weighted by Crippen LogP contribution is 2.46. The third kappa shape index (κ3) is 3.06. The zero-order valence-electron chi connectivity index (χ0n) is 16.0. The number of rotatable bonds is 3. The number of carboxylic acid groups (broad SMARTS) is 1. The number of nitrogens with one attached hydrogen (secondary N) is 1. The van der Waals surface area contributed by atoms with E-state index >= 15 is 0 Å². The van der Waals surface area contributed by atoms with E-state index in [0.717, 1.165) is 5.69 Å². The summed E-state index contributed by atoms with van der Waals surface area (Å²) >= 11 is 0. The van der Waals surface area contributed by atoms with Crippen molar-refractivity contribution in [1.29, 1.82) is 0 Å². The number of aromatic carboxylic acids is 1. The maximum Gasteiger partial charge on any atom is 0.387 e. The van der Waals surface area contributed by atoms with Gasteiger partial charge in [-0.25, -0.2) is 9.78 Å². The molecule has 0 radical (unpaired) electrons. The zero-order chi connectivity index (χ0) is 21.1. The molecule has 7 nitrogen and oxygen atoms in total. The van der Waals surface area contributed by atoms with Gasteiger partial charge >= 0.3 is 12.6 Å². The molecular formula is C20H19F2N3O4. The number of fused-ring (bicyclic) bond motifs is 5. The highest BCUT2D eigenvalue weighted by Gasteiger charge is 2.37. The summed E-state index contributed by atoms with van der Waals surface area (Å²) in [5.41, 5.74) is 1.12. The molecule has 0 bridgehead atoms. The first-order chi connectivity index (χ1) is 13.6. The molecule has 0 fully saturated rings. The summed E-state index contributed by atoms with van der Waals surface area (Å²) < 4.78 is 31.9. The van der Waals surface area contributed by atoms with Crippen LogP contribution in [0.5, 0.6) is 5.75 Å². The molecule has 0 aliphatic heterocycles. The van der Waals surface area contributed by atoms with E-state index in [0.29, 0.717) is 23.4 Å². The van der Waals surface area contributed by atoms with Gasteiger partial charge in [0.05, 0.1) is 11.4 Å². The Labute approximate surface area is 164 Å². The summed E-state index contributed by atoms with van der Waals surface area (Å²) in [4.78, 5) is 30.9. The van der Waals surface area contributed by atoms with Gasteiger partial charge in [0.2, 0.25) is 0 Å². The van der Waals surface area contributed by atoms with Gasteiger partial charge in [0.15, 0.2) is 11.4 Å². The van der Waals surface area contributed by atoms with Crippen molar-refractivity contribution in [2.45, 2.75) is 39.7 Å². The van der Waals surface area contributed by atoms with Crippen molar-refractivity contribution in [2.24, 2.45) is 5.41 Å². The summed E-state index contributed by atoms with van der Waals surface area (Å²) in [5, 5.41) is 9.36. The van der Waals surface area contributed by atoms with Crippen molar-refractivity contribution < 1.29 is 23.4 Å². The number of pyridine rings is 2. The first-order valence-electron chi connectivity index (χ1n) is 9.03. The van der Waals surface area contributed by atoms with E-state index < -0.39 is 18.1 Å². The smallest absolute Gasteiger partial charge is 0.387 e. The average Bonchev–Trinajstić information content (AvgIpc) is 2.99. The number of hydrogen-bond donors (Lipinski definition) is 2. The molecule has 1 aliphatic carbocycles. The fourth-order valence-electron chi connectivity index (χ4n) is 3.93. The third-order valence-corrected chi connectivity index (χ3v) is 5.29. The summed E-state index contributed by atoms with van der Waals surface area (Å²) in [6.07, 6.45) is 2.20. The number of nitrogens with zero attached hydrogens (tertiary/aromatic N) is 2. The molecule has 1 aliphatic rings. The Bertz CT molecular complexity index is 1190. The molecule has 3 aromatic heterocycles.